The lowest BCUT2D eigenvalue weighted by Gasteiger charge is -2.16. The van der Waals surface area contributed by atoms with Crippen molar-refractivity contribution in [1.29, 1.82) is 0 Å². The van der Waals surface area contributed by atoms with Gasteiger partial charge in [0.1, 0.15) is 0 Å². The van der Waals surface area contributed by atoms with E-state index in [-0.39, 0.29) is 0 Å². The molecule has 0 spiro atoms. The molecule has 1 heterocycles. The van der Waals surface area contributed by atoms with Gasteiger partial charge < -0.3 is 0 Å². The van der Waals surface area contributed by atoms with Crippen molar-refractivity contribution in [3.05, 3.63) is 49.2 Å². The van der Waals surface area contributed by atoms with E-state index in [1.54, 1.807) is 6.08 Å². The van der Waals surface area contributed by atoms with Crippen LogP contribution >= 0.6 is 0 Å². The van der Waals surface area contributed by atoms with Crippen LogP contribution in [0.15, 0.2) is 54.3 Å². The molecule has 0 aliphatic carbocycles. The Labute approximate surface area is 92.0 Å². The van der Waals surface area contributed by atoms with Gasteiger partial charge in [0.25, 0.3) is 0 Å². The molecular weight excluding hydrogens is 184 g/mol. The maximum atomic E-state index is 4.47. The van der Waals surface area contributed by atoms with Crippen LogP contribution in [-0.2, 0) is 0 Å². The maximum Gasteiger partial charge on any atom is 0.0896 e. The van der Waals surface area contributed by atoms with Crippen molar-refractivity contribution in [3.8, 4) is 0 Å². The van der Waals surface area contributed by atoms with Crippen molar-refractivity contribution in [2.75, 3.05) is 6.54 Å². The summed E-state index contributed by atoms with van der Waals surface area (Å²) in [4.78, 5) is 0. The molecule has 2 heteroatoms. The number of hydrazone groups is 1. The first-order valence-electron chi connectivity index (χ1n) is 5.29. The van der Waals surface area contributed by atoms with Gasteiger partial charge in [-0.05, 0) is 24.1 Å². The molecule has 15 heavy (non-hydrogen) atoms. The maximum absolute atomic E-state index is 4.47. The van der Waals surface area contributed by atoms with Crippen molar-refractivity contribution in [3.63, 3.8) is 0 Å². The van der Waals surface area contributed by atoms with E-state index in [2.05, 4.69) is 25.2 Å². The normalized spacial score (nSPS) is 23.7. The Hall–Kier alpha value is -1.57. The summed E-state index contributed by atoms with van der Waals surface area (Å²) < 4.78 is 0. The monoisotopic (exact) mass is 202 g/mol. The minimum atomic E-state index is 0.840. The van der Waals surface area contributed by atoms with Gasteiger partial charge in [-0.25, -0.2) is 0 Å². The summed E-state index contributed by atoms with van der Waals surface area (Å²) >= 11 is 0. The topological polar surface area (TPSA) is 15.6 Å². The summed E-state index contributed by atoms with van der Waals surface area (Å²) in [5, 5.41) is 6.41. The molecule has 0 unspecified atom stereocenters. The summed E-state index contributed by atoms with van der Waals surface area (Å²) in [6, 6.07) is 0. The van der Waals surface area contributed by atoms with E-state index in [9.17, 15) is 0 Å². The van der Waals surface area contributed by atoms with Crippen LogP contribution in [0.25, 0.3) is 0 Å². The lowest BCUT2D eigenvalue weighted by Crippen LogP contribution is -2.15. The molecule has 80 valence electrons. The van der Waals surface area contributed by atoms with Gasteiger partial charge in [0, 0.05) is 12.7 Å². The molecule has 0 saturated heterocycles. The van der Waals surface area contributed by atoms with E-state index in [1.165, 1.54) is 6.42 Å². The average Bonchev–Trinajstić information content (AvgIpc) is 2.23. The standard InChI is InChI=1S/C13H18N2/c1-4-6-10-15-11-8-7-9-12(3)13(5-2)14-15/h5,7-9,11H,2-4,6,10H2,1H3/b9-7-,11-8-,14-13-. The number of allylic oxidation sites excluding steroid dienone is 5. The van der Waals surface area contributed by atoms with Crippen LogP contribution in [0.2, 0.25) is 0 Å². The first-order chi connectivity index (χ1) is 7.27. The van der Waals surface area contributed by atoms with E-state index >= 15 is 0 Å². The third-order valence-corrected chi connectivity index (χ3v) is 2.17. The zero-order valence-electron chi connectivity index (χ0n) is 9.32. The lowest BCUT2D eigenvalue weighted by molar-refractivity contribution is 0.389. The summed E-state index contributed by atoms with van der Waals surface area (Å²) in [7, 11) is 0. The zero-order valence-corrected chi connectivity index (χ0v) is 9.32. The van der Waals surface area contributed by atoms with Gasteiger partial charge in [-0.1, -0.05) is 38.7 Å². The molecule has 1 aliphatic rings. The van der Waals surface area contributed by atoms with E-state index in [1.807, 2.05) is 29.4 Å². The fraction of sp³-hybridized carbons (Fsp3) is 0.308. The molecule has 0 amide bonds. The van der Waals surface area contributed by atoms with E-state index in [0.717, 1.165) is 24.3 Å². The molecule has 0 aromatic heterocycles. The Kier molecular flexibility index (Phi) is 4.61. The highest BCUT2D eigenvalue weighted by Gasteiger charge is 2.02. The molecule has 0 atom stereocenters. The first kappa shape index (κ1) is 11.5. The molecule has 0 radical (unpaired) electrons. The fourth-order valence-electron chi connectivity index (χ4n) is 1.26. The lowest BCUT2D eigenvalue weighted by atomic mass is 10.1. The zero-order chi connectivity index (χ0) is 11.1. The van der Waals surface area contributed by atoms with Crippen LogP contribution in [0, 0.1) is 0 Å². The minimum Gasteiger partial charge on any atom is -0.272 e. The third-order valence-electron chi connectivity index (χ3n) is 2.17. The van der Waals surface area contributed by atoms with Gasteiger partial charge in [-0.3, -0.25) is 5.01 Å². The highest BCUT2D eigenvalue weighted by Crippen LogP contribution is 2.07. The highest BCUT2D eigenvalue weighted by atomic mass is 15.4. The number of hydrogen-bond acceptors (Lipinski definition) is 2. The number of unbranched alkanes of at least 4 members (excludes halogenated alkanes) is 1. The SMILES string of the molecule is C=C/C1=N/N(CCCC)/C=C\C=C/C1=C. The largest absolute Gasteiger partial charge is 0.272 e. The van der Waals surface area contributed by atoms with Gasteiger partial charge >= 0.3 is 0 Å². The Morgan fingerprint density at radius 1 is 1.47 bits per heavy atom. The molecule has 0 bridgehead atoms. The van der Waals surface area contributed by atoms with Crippen LogP contribution in [-0.4, -0.2) is 17.3 Å². The van der Waals surface area contributed by atoms with Crippen molar-refractivity contribution in [2.45, 2.75) is 19.8 Å². The minimum absolute atomic E-state index is 0.840. The Bertz CT molecular complexity index is 321. The van der Waals surface area contributed by atoms with Crippen molar-refractivity contribution < 1.29 is 0 Å². The van der Waals surface area contributed by atoms with Gasteiger partial charge in [-0.15, -0.1) is 0 Å². The van der Waals surface area contributed by atoms with Crippen LogP contribution < -0.4 is 0 Å². The third kappa shape index (κ3) is 3.58. The average molecular weight is 202 g/mol. The molecule has 0 N–H and O–H groups in total. The number of nitrogens with zero attached hydrogens (tertiary/aromatic N) is 2. The van der Waals surface area contributed by atoms with E-state index in [0.29, 0.717) is 0 Å². The second-order valence-electron chi connectivity index (χ2n) is 3.43. The molecule has 0 saturated carbocycles. The van der Waals surface area contributed by atoms with Crippen LogP contribution in [0.5, 0.6) is 0 Å². The summed E-state index contributed by atoms with van der Waals surface area (Å²) in [5.41, 5.74) is 1.74. The predicted molar refractivity (Wildman–Crippen MR) is 66.7 cm³/mol. The van der Waals surface area contributed by atoms with Crippen LogP contribution in [0.4, 0.5) is 0 Å². The Morgan fingerprint density at radius 2 is 2.27 bits per heavy atom. The number of rotatable bonds is 4. The molecule has 0 aromatic carbocycles. The van der Waals surface area contributed by atoms with Crippen LogP contribution in [0.3, 0.4) is 0 Å². The summed E-state index contributed by atoms with van der Waals surface area (Å²) in [6.07, 6.45) is 11.9. The molecule has 2 nitrogen and oxygen atoms in total. The fourth-order valence-corrected chi connectivity index (χ4v) is 1.26. The van der Waals surface area contributed by atoms with Gasteiger partial charge in [0.2, 0.25) is 0 Å². The molecule has 1 rings (SSSR count). The van der Waals surface area contributed by atoms with Crippen molar-refractivity contribution >= 4 is 5.71 Å². The second kappa shape index (κ2) is 6.02. The predicted octanol–water partition coefficient (Wildman–Crippen LogP) is 3.27. The van der Waals surface area contributed by atoms with Gasteiger partial charge in [0.15, 0.2) is 0 Å². The highest BCUT2D eigenvalue weighted by molar-refractivity contribution is 6.09. The molecule has 0 aromatic rings. The second-order valence-corrected chi connectivity index (χ2v) is 3.43. The van der Waals surface area contributed by atoms with Crippen molar-refractivity contribution in [2.24, 2.45) is 5.10 Å². The van der Waals surface area contributed by atoms with Crippen molar-refractivity contribution in [1.82, 2.24) is 5.01 Å². The van der Waals surface area contributed by atoms with Crippen LogP contribution in [0.1, 0.15) is 19.8 Å². The molecule has 1 aliphatic heterocycles. The number of hydrogen-bond donors (Lipinski definition) is 0. The smallest absolute Gasteiger partial charge is 0.0896 e. The quantitative estimate of drug-likeness (QED) is 0.683. The van der Waals surface area contributed by atoms with Gasteiger partial charge in [0.05, 0.1) is 5.71 Å². The summed E-state index contributed by atoms with van der Waals surface area (Å²) in [5.74, 6) is 0. The Balaban J connectivity index is 2.82. The first-order valence-corrected chi connectivity index (χ1v) is 5.29. The van der Waals surface area contributed by atoms with E-state index < -0.39 is 0 Å². The summed E-state index contributed by atoms with van der Waals surface area (Å²) in [6.45, 7) is 10.8. The molecular formula is C13H18N2. The Morgan fingerprint density at radius 3 is 2.93 bits per heavy atom. The van der Waals surface area contributed by atoms with Gasteiger partial charge in [-0.2, -0.15) is 5.10 Å². The van der Waals surface area contributed by atoms with E-state index in [4.69, 9.17) is 0 Å². The molecule has 0 fully saturated rings.